The van der Waals surface area contributed by atoms with Gasteiger partial charge in [0.25, 0.3) is 0 Å². The Morgan fingerprint density at radius 3 is 2.33 bits per heavy atom. The van der Waals surface area contributed by atoms with E-state index in [1.165, 1.54) is 0 Å². The van der Waals surface area contributed by atoms with Crippen LogP contribution in [0.15, 0.2) is 0 Å². The normalized spacial score (nSPS) is 14.3. The maximum absolute atomic E-state index is 5.31. The van der Waals surface area contributed by atoms with Crippen molar-refractivity contribution < 1.29 is 4.74 Å². The quantitative estimate of drug-likeness (QED) is 0.563. The highest BCUT2D eigenvalue weighted by atomic mass is 16.5. The number of hydrogen-bond acceptors (Lipinski definition) is 2. The summed E-state index contributed by atoms with van der Waals surface area (Å²) in [5.74, 6) is 0. The summed E-state index contributed by atoms with van der Waals surface area (Å²) in [6, 6.07) is 0. The first-order valence-corrected chi connectivity index (χ1v) is 3.43. The van der Waals surface area contributed by atoms with E-state index >= 15 is 0 Å². The van der Waals surface area contributed by atoms with Crippen molar-refractivity contribution in [1.29, 1.82) is 0 Å². The third kappa shape index (κ3) is 5.80. The molecule has 0 spiro atoms. The van der Waals surface area contributed by atoms with Crippen LogP contribution in [0.4, 0.5) is 0 Å². The average molecular weight is 131 g/mol. The molecule has 0 radical (unpaired) electrons. The van der Waals surface area contributed by atoms with Crippen LogP contribution in [-0.4, -0.2) is 38.3 Å². The molecule has 2 nitrogen and oxygen atoms in total. The fraction of sp³-hybridized carbons (Fsp3) is 1.00. The predicted molar refractivity (Wildman–Crippen MR) is 39.6 cm³/mol. The third-order valence-electron chi connectivity index (χ3n) is 1.07. The molecule has 0 aliphatic carbocycles. The lowest BCUT2D eigenvalue weighted by molar-refractivity contribution is 0.0572. The SMILES string of the molecule is CCOC(C)CN(C)C. The van der Waals surface area contributed by atoms with Crippen molar-refractivity contribution in [2.24, 2.45) is 0 Å². The summed E-state index contributed by atoms with van der Waals surface area (Å²) in [6.07, 6.45) is 0.366. The van der Waals surface area contributed by atoms with Gasteiger partial charge in [-0.25, -0.2) is 0 Å². The maximum atomic E-state index is 5.31. The molecule has 0 aromatic heterocycles. The molecule has 0 N–H and O–H groups in total. The maximum Gasteiger partial charge on any atom is 0.0673 e. The first-order valence-electron chi connectivity index (χ1n) is 3.43. The lowest BCUT2D eigenvalue weighted by Gasteiger charge is -2.16. The van der Waals surface area contributed by atoms with Crippen LogP contribution in [-0.2, 0) is 4.74 Å². The van der Waals surface area contributed by atoms with Crippen LogP contribution in [0.2, 0.25) is 0 Å². The number of ether oxygens (including phenoxy) is 1. The summed E-state index contributed by atoms with van der Waals surface area (Å²) in [6.45, 7) is 5.93. The summed E-state index contributed by atoms with van der Waals surface area (Å²) < 4.78 is 5.31. The fourth-order valence-corrected chi connectivity index (χ4v) is 0.851. The second-order valence-electron chi connectivity index (χ2n) is 2.53. The Kier molecular flexibility index (Phi) is 4.72. The van der Waals surface area contributed by atoms with Gasteiger partial charge in [0, 0.05) is 13.2 Å². The zero-order chi connectivity index (χ0) is 7.28. The number of likely N-dealkylation sites (N-methyl/N-ethyl adjacent to an activating group) is 1. The van der Waals surface area contributed by atoms with Crippen molar-refractivity contribution in [3.8, 4) is 0 Å². The van der Waals surface area contributed by atoms with E-state index in [0.717, 1.165) is 13.2 Å². The highest BCUT2D eigenvalue weighted by Gasteiger charge is 1.99. The second kappa shape index (κ2) is 4.77. The fourth-order valence-electron chi connectivity index (χ4n) is 0.851. The van der Waals surface area contributed by atoms with Crippen LogP contribution < -0.4 is 0 Å². The van der Waals surface area contributed by atoms with Crippen molar-refractivity contribution in [2.45, 2.75) is 20.0 Å². The minimum atomic E-state index is 0.366. The highest BCUT2D eigenvalue weighted by Crippen LogP contribution is 1.90. The van der Waals surface area contributed by atoms with Gasteiger partial charge in [0.1, 0.15) is 0 Å². The van der Waals surface area contributed by atoms with Gasteiger partial charge in [-0.2, -0.15) is 0 Å². The Morgan fingerprint density at radius 2 is 2.00 bits per heavy atom. The lowest BCUT2D eigenvalue weighted by Crippen LogP contribution is -2.25. The molecule has 0 rings (SSSR count). The van der Waals surface area contributed by atoms with Gasteiger partial charge in [0.05, 0.1) is 6.10 Å². The molecule has 0 saturated carbocycles. The second-order valence-corrected chi connectivity index (χ2v) is 2.53. The van der Waals surface area contributed by atoms with E-state index in [4.69, 9.17) is 4.74 Å². The topological polar surface area (TPSA) is 12.5 Å². The Morgan fingerprint density at radius 1 is 1.44 bits per heavy atom. The van der Waals surface area contributed by atoms with Gasteiger partial charge in [-0.05, 0) is 27.9 Å². The molecule has 1 unspecified atom stereocenters. The predicted octanol–water partition coefficient (Wildman–Crippen LogP) is 0.973. The molecule has 0 bridgehead atoms. The van der Waals surface area contributed by atoms with E-state index in [-0.39, 0.29) is 0 Å². The largest absolute Gasteiger partial charge is 0.377 e. The Hall–Kier alpha value is -0.0800. The Bertz CT molecular complexity index is 63.9. The van der Waals surface area contributed by atoms with Gasteiger partial charge >= 0.3 is 0 Å². The van der Waals surface area contributed by atoms with Gasteiger partial charge in [0.2, 0.25) is 0 Å². The molecule has 0 saturated heterocycles. The minimum Gasteiger partial charge on any atom is -0.377 e. The average Bonchev–Trinajstić information content (AvgIpc) is 1.63. The number of hydrogen-bond donors (Lipinski definition) is 0. The summed E-state index contributed by atoms with van der Waals surface area (Å²) >= 11 is 0. The van der Waals surface area contributed by atoms with Crippen LogP contribution in [0.25, 0.3) is 0 Å². The van der Waals surface area contributed by atoms with E-state index in [2.05, 4.69) is 25.9 Å². The molecule has 2 heteroatoms. The molecular weight excluding hydrogens is 114 g/mol. The molecule has 0 heterocycles. The molecular formula is C7H17NO. The van der Waals surface area contributed by atoms with Crippen molar-refractivity contribution in [3.05, 3.63) is 0 Å². The molecule has 0 aromatic carbocycles. The summed E-state index contributed by atoms with van der Waals surface area (Å²) in [4.78, 5) is 2.13. The summed E-state index contributed by atoms with van der Waals surface area (Å²) in [7, 11) is 4.10. The zero-order valence-electron chi connectivity index (χ0n) is 6.85. The van der Waals surface area contributed by atoms with E-state index in [0.29, 0.717) is 6.10 Å². The van der Waals surface area contributed by atoms with E-state index in [9.17, 15) is 0 Å². The van der Waals surface area contributed by atoms with Crippen LogP contribution >= 0.6 is 0 Å². The van der Waals surface area contributed by atoms with Crippen LogP contribution in [0, 0.1) is 0 Å². The van der Waals surface area contributed by atoms with Gasteiger partial charge < -0.3 is 9.64 Å². The molecule has 0 fully saturated rings. The number of nitrogens with zero attached hydrogens (tertiary/aromatic N) is 1. The lowest BCUT2D eigenvalue weighted by atomic mass is 10.4. The summed E-state index contributed by atoms with van der Waals surface area (Å²) in [5, 5.41) is 0. The van der Waals surface area contributed by atoms with E-state index in [1.807, 2.05) is 6.92 Å². The summed E-state index contributed by atoms with van der Waals surface area (Å²) in [5.41, 5.74) is 0. The van der Waals surface area contributed by atoms with Gasteiger partial charge in [0.15, 0.2) is 0 Å². The van der Waals surface area contributed by atoms with Gasteiger partial charge in [-0.3, -0.25) is 0 Å². The molecule has 9 heavy (non-hydrogen) atoms. The standard InChI is InChI=1S/C7H17NO/c1-5-9-7(2)6-8(3)4/h7H,5-6H2,1-4H3. The van der Waals surface area contributed by atoms with Crippen molar-refractivity contribution in [1.82, 2.24) is 4.90 Å². The Labute approximate surface area is 57.8 Å². The molecule has 0 aromatic rings. The van der Waals surface area contributed by atoms with Crippen LogP contribution in [0.3, 0.4) is 0 Å². The van der Waals surface area contributed by atoms with Crippen LogP contribution in [0.1, 0.15) is 13.8 Å². The van der Waals surface area contributed by atoms with E-state index in [1.54, 1.807) is 0 Å². The van der Waals surface area contributed by atoms with Crippen LogP contribution in [0.5, 0.6) is 0 Å². The van der Waals surface area contributed by atoms with E-state index < -0.39 is 0 Å². The molecule has 56 valence electrons. The first kappa shape index (κ1) is 8.92. The van der Waals surface area contributed by atoms with Gasteiger partial charge in [-0.1, -0.05) is 0 Å². The monoisotopic (exact) mass is 131 g/mol. The molecule has 0 amide bonds. The Balaban J connectivity index is 3.15. The molecule has 0 aliphatic rings. The zero-order valence-corrected chi connectivity index (χ0v) is 6.85. The molecule has 1 atom stereocenters. The van der Waals surface area contributed by atoms with Crippen molar-refractivity contribution >= 4 is 0 Å². The smallest absolute Gasteiger partial charge is 0.0673 e. The first-order chi connectivity index (χ1) is 4.16. The van der Waals surface area contributed by atoms with Crippen molar-refractivity contribution in [2.75, 3.05) is 27.2 Å². The molecule has 0 aliphatic heterocycles. The minimum absolute atomic E-state index is 0.366. The highest BCUT2D eigenvalue weighted by molar-refractivity contribution is 4.52. The number of rotatable bonds is 4. The van der Waals surface area contributed by atoms with Gasteiger partial charge in [-0.15, -0.1) is 0 Å². The third-order valence-corrected chi connectivity index (χ3v) is 1.07. The van der Waals surface area contributed by atoms with Crippen molar-refractivity contribution in [3.63, 3.8) is 0 Å².